The zero-order chi connectivity index (χ0) is 33.6. The Hall–Kier alpha value is -2.34. The van der Waals surface area contributed by atoms with Crippen LogP contribution >= 0.6 is 0 Å². The van der Waals surface area contributed by atoms with Crippen molar-refractivity contribution in [3.05, 3.63) is 106 Å². The van der Waals surface area contributed by atoms with E-state index in [2.05, 4.69) is 143 Å². The smallest absolute Gasteiger partial charge is 0.0167 e. The van der Waals surface area contributed by atoms with Crippen LogP contribution in [0.25, 0.3) is 0 Å². The van der Waals surface area contributed by atoms with E-state index in [4.69, 9.17) is 0 Å². The molecule has 1 aromatic rings. The van der Waals surface area contributed by atoms with Crippen LogP contribution < -0.4 is 0 Å². The molecule has 0 bridgehead atoms. The van der Waals surface area contributed by atoms with Gasteiger partial charge >= 0.3 is 0 Å². The van der Waals surface area contributed by atoms with Gasteiger partial charge in [0.2, 0.25) is 0 Å². The van der Waals surface area contributed by atoms with Gasteiger partial charge in [-0.2, -0.15) is 0 Å². The number of hydrogen-bond acceptors (Lipinski definition) is 0. The minimum absolute atomic E-state index is 0.568. The van der Waals surface area contributed by atoms with Crippen LogP contribution in [-0.4, -0.2) is 0 Å². The minimum atomic E-state index is 0.568. The van der Waals surface area contributed by atoms with Gasteiger partial charge in [0, 0.05) is 0 Å². The first-order valence-corrected chi connectivity index (χ1v) is 18.2. The quantitative estimate of drug-likeness (QED) is 0.257. The molecule has 0 heteroatoms. The third kappa shape index (κ3) is 14.3. The van der Waals surface area contributed by atoms with Crippen LogP contribution in [0.15, 0.2) is 95.2 Å². The lowest BCUT2D eigenvalue weighted by molar-refractivity contribution is 0.00384. The Labute approximate surface area is 281 Å². The summed E-state index contributed by atoms with van der Waals surface area (Å²) in [7, 11) is 0. The van der Waals surface area contributed by atoms with Crippen LogP contribution in [0.4, 0.5) is 0 Å². The van der Waals surface area contributed by atoms with E-state index in [1.807, 2.05) is 0 Å². The lowest BCUT2D eigenvalue weighted by atomic mass is 9.52. The van der Waals surface area contributed by atoms with E-state index in [-0.39, 0.29) is 0 Å². The highest BCUT2D eigenvalue weighted by Gasteiger charge is 2.47. The van der Waals surface area contributed by atoms with Crippen LogP contribution in [0.5, 0.6) is 0 Å². The normalized spacial score (nSPS) is 24.4. The molecule has 1 fully saturated rings. The fourth-order valence-electron chi connectivity index (χ4n) is 7.14. The largest absolute Gasteiger partial charge is 0.0996 e. The molecule has 1 aromatic carbocycles. The molecule has 1 saturated carbocycles. The SMILES string of the molecule is C=C1CC/C=C(\C)CC[C@@H]2[C@@H]1CC2(C)C.CC(C)=CCCC(C)c1ccc(C)cc1.CC(C)=CCC[C@H](C)[C@@H]1C=CC(C)=CC1. The fraction of sp³-hybridized carbons (Fsp3) is 0.600. The highest BCUT2D eigenvalue weighted by molar-refractivity contribution is 5.24. The van der Waals surface area contributed by atoms with Crippen LogP contribution in [0.3, 0.4) is 0 Å². The number of benzene rings is 1. The summed E-state index contributed by atoms with van der Waals surface area (Å²) >= 11 is 0. The molecule has 4 rings (SSSR count). The molecular weight excluding hydrogens is 540 g/mol. The van der Waals surface area contributed by atoms with E-state index < -0.39 is 0 Å². The summed E-state index contributed by atoms with van der Waals surface area (Å²) in [4.78, 5) is 0. The van der Waals surface area contributed by atoms with Crippen molar-refractivity contribution in [2.24, 2.45) is 29.1 Å². The molecule has 0 N–H and O–H groups in total. The Balaban J connectivity index is 0.000000235. The van der Waals surface area contributed by atoms with E-state index in [0.717, 1.165) is 23.7 Å². The van der Waals surface area contributed by atoms with Gasteiger partial charge in [-0.3, -0.25) is 0 Å². The molecule has 0 aliphatic heterocycles. The lowest BCUT2D eigenvalue weighted by Gasteiger charge is -2.53. The molecule has 3 aliphatic carbocycles. The third-order valence-electron chi connectivity index (χ3n) is 10.6. The molecule has 3 aliphatic rings. The van der Waals surface area contributed by atoms with Gasteiger partial charge in [0.1, 0.15) is 0 Å². The Kier molecular flexibility index (Phi) is 16.7. The molecule has 0 radical (unpaired) electrons. The van der Waals surface area contributed by atoms with E-state index in [0.29, 0.717) is 11.3 Å². The first kappa shape index (κ1) is 38.8. The van der Waals surface area contributed by atoms with Crippen molar-refractivity contribution in [1.82, 2.24) is 0 Å². The average molecular weight is 611 g/mol. The first-order valence-electron chi connectivity index (χ1n) is 18.2. The molecule has 0 heterocycles. The Bertz CT molecular complexity index is 1180. The zero-order valence-corrected chi connectivity index (χ0v) is 31.4. The molecule has 0 nitrogen and oxygen atoms in total. The van der Waals surface area contributed by atoms with E-state index >= 15 is 0 Å². The number of rotatable bonds is 8. The molecule has 0 spiro atoms. The van der Waals surface area contributed by atoms with Crippen LogP contribution in [0, 0.1) is 36.0 Å². The van der Waals surface area contributed by atoms with Gasteiger partial charge in [-0.15, -0.1) is 0 Å². The van der Waals surface area contributed by atoms with Gasteiger partial charge < -0.3 is 0 Å². The Morgan fingerprint density at radius 2 is 1.51 bits per heavy atom. The van der Waals surface area contributed by atoms with Gasteiger partial charge in [0.15, 0.2) is 0 Å². The van der Waals surface area contributed by atoms with Gasteiger partial charge in [-0.05, 0) is 153 Å². The summed E-state index contributed by atoms with van der Waals surface area (Å²) in [5, 5.41) is 0. The van der Waals surface area contributed by atoms with Gasteiger partial charge in [-0.25, -0.2) is 0 Å². The molecular formula is C45H70. The third-order valence-corrected chi connectivity index (χ3v) is 10.6. The number of aryl methyl sites for hydroxylation is 1. The van der Waals surface area contributed by atoms with E-state index in [9.17, 15) is 0 Å². The molecule has 45 heavy (non-hydrogen) atoms. The standard InChI is InChI=1S/2C15H24.C15H22/c1-11-6-5-7-12(2)13-10-15(3,4)14(13)9-8-11;2*1-12(2)6-5-7-14(4)15-10-8-13(3)9-11-15/h6,13-14H,2,5,7-10H2,1,3-4H3;6,8-10,14-15H,5,7,11H2,1-4H3;6,8-11,14H,5,7H2,1-4H3/b11-6+;;/t13-,14-;14-,15+;/m10./s1. The second kappa shape index (κ2) is 19.4. The number of allylic oxidation sites excluding steroid dienone is 11. The molecule has 5 atom stereocenters. The van der Waals surface area contributed by atoms with Gasteiger partial charge in [-0.1, -0.05) is 128 Å². The lowest BCUT2D eigenvalue weighted by Crippen LogP contribution is -2.44. The highest BCUT2D eigenvalue weighted by Crippen LogP contribution is 2.56. The predicted molar refractivity (Wildman–Crippen MR) is 204 cm³/mol. The molecule has 0 amide bonds. The Morgan fingerprint density at radius 3 is 2.07 bits per heavy atom. The fourth-order valence-corrected chi connectivity index (χ4v) is 7.14. The van der Waals surface area contributed by atoms with E-state index in [1.54, 1.807) is 5.57 Å². The average Bonchev–Trinajstić information content (AvgIpc) is 3.02. The summed E-state index contributed by atoms with van der Waals surface area (Å²) in [6.07, 6.45) is 26.8. The summed E-state index contributed by atoms with van der Waals surface area (Å²) in [6.45, 7) is 29.1. The van der Waals surface area contributed by atoms with Crippen molar-refractivity contribution in [2.75, 3.05) is 0 Å². The maximum Gasteiger partial charge on any atom is -0.0167 e. The van der Waals surface area contributed by atoms with Gasteiger partial charge in [0.25, 0.3) is 0 Å². The Morgan fingerprint density at radius 1 is 0.889 bits per heavy atom. The first-order chi connectivity index (χ1) is 21.2. The zero-order valence-electron chi connectivity index (χ0n) is 31.4. The molecule has 0 aromatic heterocycles. The van der Waals surface area contributed by atoms with Crippen molar-refractivity contribution in [3.63, 3.8) is 0 Å². The monoisotopic (exact) mass is 611 g/mol. The van der Waals surface area contributed by atoms with Crippen molar-refractivity contribution in [2.45, 2.75) is 146 Å². The minimum Gasteiger partial charge on any atom is -0.0996 e. The second-order valence-electron chi connectivity index (χ2n) is 15.9. The molecule has 0 saturated heterocycles. The molecule has 1 unspecified atom stereocenters. The van der Waals surface area contributed by atoms with Crippen LogP contribution in [0.2, 0.25) is 0 Å². The van der Waals surface area contributed by atoms with Crippen LogP contribution in [-0.2, 0) is 0 Å². The van der Waals surface area contributed by atoms with Crippen molar-refractivity contribution in [3.8, 4) is 0 Å². The van der Waals surface area contributed by atoms with Crippen molar-refractivity contribution >= 4 is 0 Å². The summed E-state index contributed by atoms with van der Waals surface area (Å²) in [6, 6.07) is 8.91. The maximum atomic E-state index is 4.30. The maximum absolute atomic E-state index is 4.30. The van der Waals surface area contributed by atoms with Crippen LogP contribution in [0.1, 0.15) is 150 Å². The van der Waals surface area contributed by atoms with Crippen molar-refractivity contribution < 1.29 is 0 Å². The molecule has 250 valence electrons. The summed E-state index contributed by atoms with van der Waals surface area (Å²) in [5.74, 6) is 3.97. The van der Waals surface area contributed by atoms with Crippen molar-refractivity contribution in [1.29, 1.82) is 0 Å². The number of fused-ring (bicyclic) bond motifs is 1. The second-order valence-corrected chi connectivity index (χ2v) is 15.9. The van der Waals surface area contributed by atoms with Gasteiger partial charge in [0.05, 0.1) is 0 Å². The topological polar surface area (TPSA) is 0 Å². The number of hydrogen-bond donors (Lipinski definition) is 0. The van der Waals surface area contributed by atoms with E-state index in [1.165, 1.54) is 97.6 Å². The highest BCUT2D eigenvalue weighted by atomic mass is 14.5. The predicted octanol–water partition coefficient (Wildman–Crippen LogP) is 14.5. The summed E-state index contributed by atoms with van der Waals surface area (Å²) in [5.41, 5.74) is 10.8. The summed E-state index contributed by atoms with van der Waals surface area (Å²) < 4.78 is 0.